The summed E-state index contributed by atoms with van der Waals surface area (Å²) in [7, 11) is 0. The highest BCUT2D eigenvalue weighted by atomic mass is 35.5. The highest BCUT2D eigenvalue weighted by Crippen LogP contribution is 2.33. The van der Waals surface area contributed by atoms with Crippen molar-refractivity contribution in [2.75, 3.05) is 24.7 Å². The van der Waals surface area contributed by atoms with Crippen LogP contribution in [0, 0.1) is 5.92 Å². The van der Waals surface area contributed by atoms with Crippen molar-refractivity contribution >= 4 is 40.6 Å². The van der Waals surface area contributed by atoms with Crippen molar-refractivity contribution in [1.29, 1.82) is 0 Å². The van der Waals surface area contributed by atoms with E-state index in [0.29, 0.717) is 11.8 Å². The third-order valence-corrected chi connectivity index (χ3v) is 6.30. The second-order valence-electron chi connectivity index (χ2n) is 4.92. The average molecular weight is 302 g/mol. The molecule has 3 heterocycles. The Balaban J connectivity index is 1.74. The Kier molecular flexibility index (Phi) is 3.87. The van der Waals surface area contributed by atoms with Crippen molar-refractivity contribution in [3.8, 4) is 0 Å². The fourth-order valence-corrected chi connectivity index (χ4v) is 5.14. The molecule has 1 amide bonds. The summed E-state index contributed by atoms with van der Waals surface area (Å²) in [4.78, 5) is 16.7. The number of thiophene rings is 1. The first-order valence-electron chi connectivity index (χ1n) is 6.32. The van der Waals surface area contributed by atoms with Gasteiger partial charge < -0.3 is 4.90 Å². The highest BCUT2D eigenvalue weighted by molar-refractivity contribution is 7.98. The summed E-state index contributed by atoms with van der Waals surface area (Å²) in [6, 6.07) is 2.11. The van der Waals surface area contributed by atoms with E-state index in [1.807, 2.05) is 16.7 Å². The Morgan fingerprint density at radius 3 is 3.17 bits per heavy atom. The zero-order chi connectivity index (χ0) is 12.5. The van der Waals surface area contributed by atoms with Crippen molar-refractivity contribution in [2.24, 2.45) is 5.92 Å². The molecular weight excluding hydrogens is 286 g/mol. The van der Waals surface area contributed by atoms with Gasteiger partial charge in [0.05, 0.1) is 4.88 Å². The summed E-state index contributed by atoms with van der Waals surface area (Å²) in [6.07, 6.45) is 2.18. The van der Waals surface area contributed by atoms with E-state index in [9.17, 15) is 4.79 Å². The molecule has 0 spiro atoms. The number of carbonyl (C=O) groups is 1. The molecule has 2 nitrogen and oxygen atoms in total. The van der Waals surface area contributed by atoms with Gasteiger partial charge in [-0.3, -0.25) is 4.79 Å². The highest BCUT2D eigenvalue weighted by Gasteiger charge is 2.28. The van der Waals surface area contributed by atoms with Crippen molar-refractivity contribution in [2.45, 2.75) is 18.6 Å². The number of nitrogens with zero attached hydrogens (tertiary/aromatic N) is 1. The number of hydrogen-bond acceptors (Lipinski definition) is 3. The average Bonchev–Trinajstić information content (AvgIpc) is 3.04. The quantitative estimate of drug-likeness (QED) is 0.782. The minimum atomic E-state index is 0.215. The molecule has 2 aliphatic heterocycles. The monoisotopic (exact) mass is 301 g/mol. The van der Waals surface area contributed by atoms with Gasteiger partial charge in [0.1, 0.15) is 0 Å². The Bertz CT molecular complexity index is 436. The van der Waals surface area contributed by atoms with Gasteiger partial charge in [-0.2, -0.15) is 11.8 Å². The van der Waals surface area contributed by atoms with Crippen LogP contribution in [0.15, 0.2) is 6.07 Å². The summed E-state index contributed by atoms with van der Waals surface area (Å²) in [5.41, 5.74) is 1.38. The van der Waals surface area contributed by atoms with Crippen LogP contribution in [0.3, 0.4) is 0 Å². The minimum Gasteiger partial charge on any atom is -0.338 e. The summed E-state index contributed by atoms with van der Waals surface area (Å²) in [6.45, 7) is 1.70. The first-order chi connectivity index (χ1) is 8.78. The molecule has 1 fully saturated rings. The van der Waals surface area contributed by atoms with Crippen molar-refractivity contribution < 1.29 is 4.79 Å². The molecule has 18 heavy (non-hydrogen) atoms. The molecule has 0 saturated carbocycles. The second-order valence-corrected chi connectivity index (χ2v) is 7.47. The smallest absolute Gasteiger partial charge is 0.263 e. The third-order valence-electron chi connectivity index (χ3n) is 3.63. The first kappa shape index (κ1) is 12.8. The van der Waals surface area contributed by atoms with E-state index >= 15 is 0 Å². The molecule has 1 aromatic heterocycles. The molecule has 3 rings (SSSR count). The summed E-state index contributed by atoms with van der Waals surface area (Å²) in [5, 5.41) is 0. The summed E-state index contributed by atoms with van der Waals surface area (Å²) in [5.74, 6) is 3.64. The molecule has 1 saturated heterocycles. The van der Waals surface area contributed by atoms with Crippen LogP contribution in [0.25, 0.3) is 0 Å². The lowest BCUT2D eigenvalue weighted by atomic mass is 10.2. The van der Waals surface area contributed by atoms with Gasteiger partial charge in [-0.25, -0.2) is 0 Å². The van der Waals surface area contributed by atoms with E-state index in [2.05, 4.69) is 6.07 Å². The third kappa shape index (κ3) is 2.43. The minimum absolute atomic E-state index is 0.215. The van der Waals surface area contributed by atoms with Crippen molar-refractivity contribution in [3.63, 3.8) is 0 Å². The summed E-state index contributed by atoms with van der Waals surface area (Å²) < 4.78 is 0. The molecular formula is C13H16ClNOS2. The van der Waals surface area contributed by atoms with Crippen LogP contribution in [0.5, 0.6) is 0 Å². The Hall–Kier alpha value is -0.190. The van der Waals surface area contributed by atoms with Gasteiger partial charge in [-0.15, -0.1) is 22.9 Å². The molecule has 1 unspecified atom stereocenters. The number of hydrogen-bond donors (Lipinski definition) is 0. The van der Waals surface area contributed by atoms with E-state index in [1.165, 1.54) is 16.2 Å². The van der Waals surface area contributed by atoms with Crippen LogP contribution in [0.2, 0.25) is 0 Å². The fourth-order valence-electron chi connectivity index (χ4n) is 2.55. The number of amides is 1. The second kappa shape index (κ2) is 5.43. The van der Waals surface area contributed by atoms with Crippen molar-refractivity contribution in [1.82, 2.24) is 4.90 Å². The number of alkyl halides is 1. The molecule has 0 radical (unpaired) electrons. The maximum Gasteiger partial charge on any atom is 0.263 e. The molecule has 0 aliphatic carbocycles. The first-order valence-corrected chi connectivity index (χ1v) is 8.83. The molecule has 0 aromatic carbocycles. The molecule has 2 aliphatic rings. The molecule has 98 valence electrons. The van der Waals surface area contributed by atoms with E-state index in [4.69, 9.17) is 11.6 Å². The SMILES string of the molecule is O=C(c1cc2c(s1)CCSC2)N1CCC(CCl)C1. The van der Waals surface area contributed by atoms with E-state index in [1.54, 1.807) is 11.3 Å². The van der Waals surface area contributed by atoms with Crippen LogP contribution >= 0.6 is 34.7 Å². The van der Waals surface area contributed by atoms with Crippen LogP contribution < -0.4 is 0 Å². The Morgan fingerprint density at radius 1 is 1.56 bits per heavy atom. The van der Waals surface area contributed by atoms with Gasteiger partial charge in [-0.1, -0.05) is 0 Å². The zero-order valence-electron chi connectivity index (χ0n) is 10.2. The predicted octanol–water partition coefficient (Wildman–Crippen LogP) is 3.24. The molecule has 1 aromatic rings. The molecule has 0 N–H and O–H groups in total. The maximum absolute atomic E-state index is 12.4. The van der Waals surface area contributed by atoms with Crippen molar-refractivity contribution in [3.05, 3.63) is 21.4 Å². The Morgan fingerprint density at radius 2 is 2.44 bits per heavy atom. The van der Waals surface area contributed by atoms with Gasteiger partial charge in [0.2, 0.25) is 0 Å². The molecule has 1 atom stereocenters. The number of halogens is 1. The number of fused-ring (bicyclic) bond motifs is 1. The Labute approximate surface area is 121 Å². The van der Waals surface area contributed by atoms with Crippen LogP contribution in [-0.2, 0) is 12.2 Å². The standard InChI is InChI=1S/C13H16ClNOS2/c14-6-9-1-3-15(7-9)13(16)12-5-10-8-17-4-2-11(10)18-12/h5,9H,1-4,6-8H2. The van der Waals surface area contributed by atoms with E-state index < -0.39 is 0 Å². The fraction of sp³-hybridized carbons (Fsp3) is 0.615. The van der Waals surface area contributed by atoms with Gasteiger partial charge in [0.15, 0.2) is 0 Å². The summed E-state index contributed by atoms with van der Waals surface area (Å²) >= 11 is 9.53. The largest absolute Gasteiger partial charge is 0.338 e. The van der Waals surface area contributed by atoms with Gasteiger partial charge >= 0.3 is 0 Å². The number of rotatable bonds is 2. The predicted molar refractivity (Wildman–Crippen MR) is 78.9 cm³/mol. The van der Waals surface area contributed by atoms with Crippen LogP contribution in [0.1, 0.15) is 26.5 Å². The molecule has 0 bridgehead atoms. The lowest BCUT2D eigenvalue weighted by Gasteiger charge is -2.14. The zero-order valence-corrected chi connectivity index (χ0v) is 12.5. The lowest BCUT2D eigenvalue weighted by molar-refractivity contribution is 0.0793. The number of aryl methyl sites for hydroxylation is 1. The number of carbonyl (C=O) groups excluding carboxylic acids is 1. The number of likely N-dealkylation sites (tertiary alicyclic amines) is 1. The van der Waals surface area contributed by atoms with Gasteiger partial charge in [0.25, 0.3) is 5.91 Å². The van der Waals surface area contributed by atoms with Crippen LogP contribution in [0.4, 0.5) is 0 Å². The molecule has 5 heteroatoms. The van der Waals surface area contributed by atoms with E-state index in [-0.39, 0.29) is 5.91 Å². The normalized spacial score (nSPS) is 23.2. The van der Waals surface area contributed by atoms with E-state index in [0.717, 1.165) is 36.6 Å². The number of thioether (sulfide) groups is 1. The lowest BCUT2D eigenvalue weighted by Crippen LogP contribution is -2.28. The van der Waals surface area contributed by atoms with Crippen LogP contribution in [-0.4, -0.2) is 35.5 Å². The topological polar surface area (TPSA) is 20.3 Å². The maximum atomic E-state index is 12.4. The van der Waals surface area contributed by atoms with Gasteiger partial charge in [0, 0.05) is 29.6 Å². The van der Waals surface area contributed by atoms with Gasteiger partial charge in [-0.05, 0) is 36.1 Å².